The molecule has 0 saturated heterocycles. The van der Waals surface area contributed by atoms with Crippen molar-refractivity contribution in [3.05, 3.63) is 50.7 Å². The Hall–Kier alpha value is -1.03. The van der Waals surface area contributed by atoms with E-state index < -0.39 is 0 Å². The molecule has 2 rings (SSSR count). The molecular weight excluding hydrogens is 290 g/mol. The highest BCUT2D eigenvalue weighted by Gasteiger charge is 2.05. The Bertz CT molecular complexity index is 516. The van der Waals surface area contributed by atoms with E-state index in [0.29, 0.717) is 6.61 Å². The molecule has 2 nitrogen and oxygen atoms in total. The highest BCUT2D eigenvalue weighted by Crippen LogP contribution is 2.26. The van der Waals surface area contributed by atoms with Crippen molar-refractivity contribution in [3.8, 4) is 5.75 Å². The van der Waals surface area contributed by atoms with Gasteiger partial charge < -0.3 is 10.1 Å². The molecule has 0 fully saturated rings. The van der Waals surface area contributed by atoms with Crippen molar-refractivity contribution in [1.29, 1.82) is 0 Å². The van der Waals surface area contributed by atoms with Crippen LogP contribution >= 0.6 is 22.9 Å². The normalized spacial score (nSPS) is 10.8. The second kappa shape index (κ2) is 7.67. The molecule has 1 aromatic heterocycles. The molecule has 4 heteroatoms. The summed E-state index contributed by atoms with van der Waals surface area (Å²) >= 11 is 7.75. The van der Waals surface area contributed by atoms with Crippen molar-refractivity contribution in [1.82, 2.24) is 5.32 Å². The number of halogens is 1. The first kappa shape index (κ1) is 15.4. The average Bonchev–Trinajstić information content (AvgIpc) is 2.89. The van der Waals surface area contributed by atoms with Crippen LogP contribution in [-0.2, 0) is 6.42 Å². The maximum absolute atomic E-state index is 6.01. The summed E-state index contributed by atoms with van der Waals surface area (Å²) in [6.45, 7) is 6.56. The molecule has 0 spiro atoms. The molecule has 1 heterocycles. The average molecular weight is 310 g/mol. The van der Waals surface area contributed by atoms with Gasteiger partial charge in [-0.3, -0.25) is 0 Å². The van der Waals surface area contributed by atoms with E-state index in [1.165, 1.54) is 5.56 Å². The Balaban J connectivity index is 1.68. The summed E-state index contributed by atoms with van der Waals surface area (Å²) in [5.41, 5.74) is 3.58. The van der Waals surface area contributed by atoms with Crippen LogP contribution in [0.2, 0.25) is 5.02 Å². The first-order valence-corrected chi connectivity index (χ1v) is 8.10. The minimum Gasteiger partial charge on any atom is -0.492 e. The van der Waals surface area contributed by atoms with Crippen molar-refractivity contribution in [2.45, 2.75) is 20.3 Å². The molecule has 0 saturated carbocycles. The molecule has 20 heavy (non-hydrogen) atoms. The molecule has 0 unspecified atom stereocenters. The molecule has 1 N–H and O–H groups in total. The minimum atomic E-state index is 0.674. The van der Waals surface area contributed by atoms with Crippen molar-refractivity contribution in [2.75, 3.05) is 19.7 Å². The third kappa shape index (κ3) is 4.51. The third-order valence-electron chi connectivity index (χ3n) is 3.12. The molecule has 0 bridgehead atoms. The van der Waals surface area contributed by atoms with Gasteiger partial charge in [0.1, 0.15) is 12.4 Å². The molecule has 0 aliphatic heterocycles. The van der Waals surface area contributed by atoms with E-state index in [4.69, 9.17) is 16.3 Å². The fourth-order valence-corrected chi connectivity index (χ4v) is 3.17. The van der Waals surface area contributed by atoms with Gasteiger partial charge in [0.05, 0.1) is 0 Å². The molecule has 2 aromatic rings. The van der Waals surface area contributed by atoms with E-state index in [0.717, 1.165) is 41.4 Å². The van der Waals surface area contributed by atoms with Crippen molar-refractivity contribution in [3.63, 3.8) is 0 Å². The fourth-order valence-electron chi connectivity index (χ4n) is 2.14. The zero-order valence-electron chi connectivity index (χ0n) is 11.9. The molecule has 108 valence electrons. The second-order valence-corrected chi connectivity index (χ2v) is 6.07. The number of ether oxygens (including phenoxy) is 1. The second-order valence-electron chi connectivity index (χ2n) is 4.85. The lowest BCUT2D eigenvalue weighted by Crippen LogP contribution is -2.23. The molecule has 1 aromatic carbocycles. The van der Waals surface area contributed by atoms with Gasteiger partial charge in [0, 0.05) is 11.6 Å². The molecule has 0 aliphatic carbocycles. The van der Waals surface area contributed by atoms with Crippen LogP contribution in [0.1, 0.15) is 16.7 Å². The molecule has 0 atom stereocenters. The van der Waals surface area contributed by atoms with Crippen molar-refractivity contribution >= 4 is 22.9 Å². The molecule has 0 radical (unpaired) electrons. The van der Waals surface area contributed by atoms with Crippen LogP contribution in [0.25, 0.3) is 0 Å². The summed E-state index contributed by atoms with van der Waals surface area (Å²) in [4.78, 5) is 0. The maximum atomic E-state index is 6.01. The van der Waals surface area contributed by atoms with Gasteiger partial charge in [-0.1, -0.05) is 11.6 Å². The van der Waals surface area contributed by atoms with Gasteiger partial charge >= 0.3 is 0 Å². The number of thiophene rings is 1. The monoisotopic (exact) mass is 309 g/mol. The van der Waals surface area contributed by atoms with E-state index >= 15 is 0 Å². The fraction of sp³-hybridized carbons (Fsp3) is 0.375. The van der Waals surface area contributed by atoms with E-state index in [9.17, 15) is 0 Å². The number of aryl methyl sites for hydroxylation is 2. The predicted molar refractivity (Wildman–Crippen MR) is 87.3 cm³/mol. The van der Waals surface area contributed by atoms with Gasteiger partial charge in [-0.2, -0.15) is 11.3 Å². The van der Waals surface area contributed by atoms with E-state index in [1.54, 1.807) is 11.3 Å². The summed E-state index contributed by atoms with van der Waals surface area (Å²) in [6.07, 6.45) is 1.07. The lowest BCUT2D eigenvalue weighted by atomic mass is 10.1. The zero-order valence-corrected chi connectivity index (χ0v) is 13.5. The van der Waals surface area contributed by atoms with Crippen LogP contribution in [0.4, 0.5) is 0 Å². The summed E-state index contributed by atoms with van der Waals surface area (Å²) < 4.78 is 5.84. The summed E-state index contributed by atoms with van der Waals surface area (Å²) in [5, 5.41) is 8.47. The van der Waals surface area contributed by atoms with Crippen molar-refractivity contribution in [2.24, 2.45) is 0 Å². The Morgan fingerprint density at radius 2 is 1.95 bits per heavy atom. The van der Waals surface area contributed by atoms with Crippen LogP contribution in [0.15, 0.2) is 29.0 Å². The minimum absolute atomic E-state index is 0.674. The van der Waals surface area contributed by atoms with Crippen LogP contribution in [0.3, 0.4) is 0 Å². The molecule has 0 amide bonds. The van der Waals surface area contributed by atoms with Gasteiger partial charge in [0.2, 0.25) is 0 Å². The number of rotatable bonds is 7. The Kier molecular flexibility index (Phi) is 5.89. The summed E-state index contributed by atoms with van der Waals surface area (Å²) in [6, 6.07) is 6.05. The lowest BCUT2D eigenvalue weighted by Gasteiger charge is -2.13. The summed E-state index contributed by atoms with van der Waals surface area (Å²) in [7, 11) is 0. The van der Waals surface area contributed by atoms with Gasteiger partial charge in [-0.25, -0.2) is 0 Å². The van der Waals surface area contributed by atoms with Gasteiger partial charge in [0.25, 0.3) is 0 Å². The van der Waals surface area contributed by atoms with E-state index in [-0.39, 0.29) is 0 Å². The van der Waals surface area contributed by atoms with Crippen molar-refractivity contribution < 1.29 is 4.74 Å². The third-order valence-corrected chi connectivity index (χ3v) is 4.07. The number of nitrogens with one attached hydrogen (secondary N) is 1. The Morgan fingerprint density at radius 3 is 2.60 bits per heavy atom. The number of hydrogen-bond acceptors (Lipinski definition) is 3. The first-order chi connectivity index (χ1) is 9.66. The summed E-state index contributed by atoms with van der Waals surface area (Å²) in [5.74, 6) is 0.953. The van der Waals surface area contributed by atoms with E-state index in [2.05, 4.69) is 22.1 Å². The van der Waals surface area contributed by atoms with Gasteiger partial charge in [0.15, 0.2) is 0 Å². The standard InChI is InChI=1S/C16H20ClNOS/c1-12-9-15(17)10-13(2)16(12)19-7-6-18-5-3-14-4-8-20-11-14/h4,8-11,18H,3,5-7H2,1-2H3. The lowest BCUT2D eigenvalue weighted by molar-refractivity contribution is 0.310. The smallest absolute Gasteiger partial charge is 0.125 e. The highest BCUT2D eigenvalue weighted by molar-refractivity contribution is 7.07. The quantitative estimate of drug-likeness (QED) is 0.773. The first-order valence-electron chi connectivity index (χ1n) is 6.78. The SMILES string of the molecule is Cc1cc(Cl)cc(C)c1OCCNCCc1ccsc1. The van der Waals surface area contributed by atoms with Crippen LogP contribution in [0.5, 0.6) is 5.75 Å². The number of hydrogen-bond donors (Lipinski definition) is 1. The zero-order chi connectivity index (χ0) is 14.4. The molecule has 0 aliphatic rings. The van der Waals surface area contributed by atoms with Crippen LogP contribution in [-0.4, -0.2) is 19.7 Å². The predicted octanol–water partition coefficient (Wildman–Crippen LogP) is 4.23. The van der Waals surface area contributed by atoms with E-state index in [1.807, 2.05) is 26.0 Å². The Labute approximate surface area is 129 Å². The molecular formula is C16H20ClNOS. The maximum Gasteiger partial charge on any atom is 0.125 e. The Morgan fingerprint density at radius 1 is 1.20 bits per heavy atom. The van der Waals surface area contributed by atoms with Crippen LogP contribution in [0, 0.1) is 13.8 Å². The van der Waals surface area contributed by atoms with Gasteiger partial charge in [-0.15, -0.1) is 0 Å². The van der Waals surface area contributed by atoms with Gasteiger partial charge in [-0.05, 0) is 72.5 Å². The highest BCUT2D eigenvalue weighted by atomic mass is 35.5. The van der Waals surface area contributed by atoms with Crippen LogP contribution < -0.4 is 10.1 Å². The topological polar surface area (TPSA) is 21.3 Å². The number of benzene rings is 1. The largest absolute Gasteiger partial charge is 0.492 e.